The Bertz CT molecular complexity index is 361. The molecule has 3 unspecified atom stereocenters. The zero-order valence-corrected chi connectivity index (χ0v) is 14.4. The fraction of sp³-hybridized carbons (Fsp3) is 0.933. The second-order valence-electron chi connectivity index (χ2n) is 6.20. The SMILES string of the molecule is NCCCC[C@@](CC(O)CO)(C(=O)O)N(CC(O)CO)CC(O)CO. The van der Waals surface area contributed by atoms with Gasteiger partial charge in [-0.05, 0) is 25.8 Å². The number of rotatable bonds is 15. The van der Waals surface area contributed by atoms with Gasteiger partial charge in [-0.1, -0.05) is 0 Å². The lowest BCUT2D eigenvalue weighted by atomic mass is 9.84. The van der Waals surface area contributed by atoms with Crippen molar-refractivity contribution in [2.45, 2.75) is 49.5 Å². The molecule has 4 atom stereocenters. The van der Waals surface area contributed by atoms with Crippen LogP contribution in [0.25, 0.3) is 0 Å². The smallest absolute Gasteiger partial charge is 0.324 e. The van der Waals surface area contributed by atoms with Crippen molar-refractivity contribution in [1.82, 2.24) is 4.90 Å². The standard InChI is InChI=1S/C15H32N2O8/c16-4-2-1-3-15(14(24)25,5-11(21)8-18)17(6-12(22)9-19)7-13(23)10-20/h11-13,18-23H,1-10,16H2,(H,24,25)/t11?,12?,13?,15-/m1/s1. The van der Waals surface area contributed by atoms with E-state index in [4.69, 9.17) is 21.1 Å². The van der Waals surface area contributed by atoms with Crippen molar-refractivity contribution < 1.29 is 40.5 Å². The van der Waals surface area contributed by atoms with E-state index < -0.39 is 49.6 Å². The van der Waals surface area contributed by atoms with Crippen molar-refractivity contribution in [1.29, 1.82) is 0 Å². The van der Waals surface area contributed by atoms with Crippen LogP contribution in [0.1, 0.15) is 25.7 Å². The summed E-state index contributed by atoms with van der Waals surface area (Å²) in [5, 5.41) is 66.5. The second kappa shape index (κ2) is 12.5. The molecule has 0 saturated carbocycles. The highest BCUT2D eigenvalue weighted by molar-refractivity contribution is 5.79. The number of hydrogen-bond donors (Lipinski definition) is 8. The summed E-state index contributed by atoms with van der Waals surface area (Å²) >= 11 is 0. The lowest BCUT2D eigenvalue weighted by Gasteiger charge is -2.43. The van der Waals surface area contributed by atoms with Gasteiger partial charge in [0.25, 0.3) is 0 Å². The largest absolute Gasteiger partial charge is 0.480 e. The van der Waals surface area contributed by atoms with Crippen LogP contribution in [0.3, 0.4) is 0 Å². The molecule has 9 N–H and O–H groups in total. The lowest BCUT2D eigenvalue weighted by molar-refractivity contribution is -0.159. The van der Waals surface area contributed by atoms with Crippen molar-refractivity contribution in [3.05, 3.63) is 0 Å². The van der Waals surface area contributed by atoms with E-state index >= 15 is 0 Å². The van der Waals surface area contributed by atoms with Gasteiger partial charge in [-0.15, -0.1) is 0 Å². The van der Waals surface area contributed by atoms with Crippen molar-refractivity contribution in [3.8, 4) is 0 Å². The molecule has 0 amide bonds. The molecule has 0 saturated heterocycles. The van der Waals surface area contributed by atoms with E-state index in [0.29, 0.717) is 19.4 Å². The first-order valence-corrected chi connectivity index (χ1v) is 8.32. The Morgan fingerprint density at radius 2 is 1.40 bits per heavy atom. The first-order chi connectivity index (χ1) is 11.8. The number of hydrogen-bond acceptors (Lipinski definition) is 9. The van der Waals surface area contributed by atoms with Gasteiger partial charge in [0, 0.05) is 19.5 Å². The summed E-state index contributed by atoms with van der Waals surface area (Å²) < 4.78 is 0. The monoisotopic (exact) mass is 368 g/mol. The van der Waals surface area contributed by atoms with Crippen molar-refractivity contribution in [3.63, 3.8) is 0 Å². The summed E-state index contributed by atoms with van der Waals surface area (Å²) in [6.07, 6.45) is -3.23. The van der Waals surface area contributed by atoms with Gasteiger partial charge in [-0.2, -0.15) is 0 Å². The summed E-state index contributed by atoms with van der Waals surface area (Å²) in [6.45, 7) is -2.12. The summed E-state index contributed by atoms with van der Waals surface area (Å²) in [4.78, 5) is 13.3. The highest BCUT2D eigenvalue weighted by Crippen LogP contribution is 2.29. The predicted molar refractivity (Wildman–Crippen MR) is 88.7 cm³/mol. The van der Waals surface area contributed by atoms with Gasteiger partial charge in [0.05, 0.1) is 38.1 Å². The highest BCUT2D eigenvalue weighted by atomic mass is 16.4. The van der Waals surface area contributed by atoms with Crippen LogP contribution < -0.4 is 5.73 Å². The molecular formula is C15H32N2O8. The molecule has 25 heavy (non-hydrogen) atoms. The number of carboxylic acids is 1. The molecule has 10 nitrogen and oxygen atoms in total. The van der Waals surface area contributed by atoms with Gasteiger partial charge in [-0.25, -0.2) is 0 Å². The fourth-order valence-electron chi connectivity index (χ4n) is 2.78. The average Bonchev–Trinajstić information content (AvgIpc) is 2.59. The van der Waals surface area contributed by atoms with Gasteiger partial charge >= 0.3 is 5.97 Å². The molecule has 0 bridgehead atoms. The van der Waals surface area contributed by atoms with Crippen LogP contribution in [0.4, 0.5) is 0 Å². The van der Waals surface area contributed by atoms with Crippen LogP contribution >= 0.6 is 0 Å². The van der Waals surface area contributed by atoms with E-state index in [9.17, 15) is 25.2 Å². The Kier molecular flexibility index (Phi) is 12.1. The minimum Gasteiger partial charge on any atom is -0.480 e. The van der Waals surface area contributed by atoms with E-state index in [-0.39, 0.29) is 25.9 Å². The third kappa shape index (κ3) is 7.92. The quantitative estimate of drug-likeness (QED) is 0.136. The minimum atomic E-state index is -1.70. The first-order valence-electron chi connectivity index (χ1n) is 8.32. The number of unbranched alkanes of at least 4 members (excludes halogenated alkanes) is 1. The van der Waals surface area contributed by atoms with Gasteiger partial charge in [-0.3, -0.25) is 9.69 Å². The van der Waals surface area contributed by atoms with Crippen LogP contribution in [0.2, 0.25) is 0 Å². The molecule has 0 aromatic carbocycles. The van der Waals surface area contributed by atoms with Crippen LogP contribution in [0.15, 0.2) is 0 Å². The molecule has 0 aliphatic carbocycles. The summed E-state index contributed by atoms with van der Waals surface area (Å²) in [5.74, 6) is -1.30. The van der Waals surface area contributed by atoms with Crippen molar-refractivity contribution in [2.24, 2.45) is 5.73 Å². The Balaban J connectivity index is 5.74. The Morgan fingerprint density at radius 3 is 1.76 bits per heavy atom. The predicted octanol–water partition coefficient (Wildman–Crippen LogP) is -3.31. The molecule has 0 rings (SSSR count). The maximum Gasteiger partial charge on any atom is 0.324 e. The number of aliphatic carboxylic acids is 1. The van der Waals surface area contributed by atoms with E-state index in [1.165, 1.54) is 4.90 Å². The molecule has 0 heterocycles. The summed E-state index contributed by atoms with van der Waals surface area (Å²) in [7, 11) is 0. The van der Waals surface area contributed by atoms with Gasteiger partial charge in [0.1, 0.15) is 5.54 Å². The number of nitrogens with two attached hydrogens (primary N) is 1. The highest BCUT2D eigenvalue weighted by Gasteiger charge is 2.46. The third-order valence-electron chi connectivity index (χ3n) is 4.12. The van der Waals surface area contributed by atoms with Crippen LogP contribution in [0, 0.1) is 0 Å². The number of carbonyl (C=O) groups is 1. The first kappa shape index (κ1) is 24.1. The molecule has 0 aliphatic heterocycles. The van der Waals surface area contributed by atoms with E-state index in [1.54, 1.807) is 0 Å². The van der Waals surface area contributed by atoms with E-state index in [0.717, 1.165) is 0 Å². The lowest BCUT2D eigenvalue weighted by Crippen LogP contribution is -2.60. The molecular weight excluding hydrogens is 336 g/mol. The van der Waals surface area contributed by atoms with Crippen LogP contribution in [0.5, 0.6) is 0 Å². The minimum absolute atomic E-state index is 0.0485. The van der Waals surface area contributed by atoms with E-state index in [1.807, 2.05) is 0 Å². The zero-order chi connectivity index (χ0) is 19.5. The fourth-order valence-corrected chi connectivity index (χ4v) is 2.78. The van der Waals surface area contributed by atoms with Crippen LogP contribution in [-0.4, -0.2) is 110 Å². The Morgan fingerprint density at radius 1 is 0.920 bits per heavy atom. The maximum atomic E-state index is 12.1. The molecule has 10 heteroatoms. The molecule has 0 aliphatic rings. The van der Waals surface area contributed by atoms with Crippen LogP contribution in [-0.2, 0) is 4.79 Å². The summed E-state index contributed by atoms with van der Waals surface area (Å²) in [6, 6.07) is 0. The zero-order valence-electron chi connectivity index (χ0n) is 14.4. The molecule has 0 radical (unpaired) electrons. The van der Waals surface area contributed by atoms with Gasteiger partial charge in [0.15, 0.2) is 0 Å². The van der Waals surface area contributed by atoms with Crippen molar-refractivity contribution in [2.75, 3.05) is 39.5 Å². The van der Waals surface area contributed by atoms with Gasteiger partial charge in [0.2, 0.25) is 0 Å². The topological polar surface area (TPSA) is 188 Å². The number of β-amino-alcohol motifs (C(OH)–C–C–N with tert-alkyl or cyclic N) is 2. The average molecular weight is 368 g/mol. The number of carboxylic acid groups (broad SMARTS) is 1. The maximum absolute atomic E-state index is 12.1. The number of nitrogens with zero attached hydrogens (tertiary/aromatic N) is 1. The number of aliphatic hydroxyl groups excluding tert-OH is 6. The molecule has 0 fully saturated rings. The summed E-state index contributed by atoms with van der Waals surface area (Å²) in [5.41, 5.74) is 3.74. The molecule has 0 aromatic heterocycles. The second-order valence-corrected chi connectivity index (χ2v) is 6.20. The Labute approximate surface area is 147 Å². The van der Waals surface area contributed by atoms with Gasteiger partial charge < -0.3 is 41.5 Å². The van der Waals surface area contributed by atoms with E-state index in [2.05, 4.69) is 0 Å². The number of aliphatic hydroxyl groups is 6. The Hall–Kier alpha value is -0.850. The normalized spacial score (nSPS) is 17.9. The molecule has 0 spiro atoms. The van der Waals surface area contributed by atoms with Crippen molar-refractivity contribution >= 4 is 5.97 Å². The molecule has 0 aromatic rings. The third-order valence-corrected chi connectivity index (χ3v) is 4.12. The molecule has 150 valence electrons.